The molecule has 3 rings (SSSR count). The number of aryl methyl sites for hydroxylation is 1. The first kappa shape index (κ1) is 17.2. The lowest BCUT2D eigenvalue weighted by Crippen LogP contribution is -2.38. The lowest BCUT2D eigenvalue weighted by Gasteiger charge is -2.32. The monoisotopic (exact) mass is 336 g/mol. The second-order valence-corrected chi connectivity index (χ2v) is 6.56. The van der Waals surface area contributed by atoms with Gasteiger partial charge in [-0.2, -0.15) is 5.26 Å². The molecule has 2 heterocycles. The molecular weight excluding hydrogens is 312 g/mol. The van der Waals surface area contributed by atoms with E-state index in [0.717, 1.165) is 31.6 Å². The zero-order valence-corrected chi connectivity index (χ0v) is 14.7. The highest BCUT2D eigenvalue weighted by Gasteiger charge is 2.27. The summed E-state index contributed by atoms with van der Waals surface area (Å²) in [7, 11) is 0. The van der Waals surface area contributed by atoms with Crippen LogP contribution in [0.15, 0.2) is 36.7 Å². The number of likely N-dealkylation sites (tertiary alicyclic amines) is 1. The molecule has 1 aromatic carbocycles. The molecule has 1 aromatic heterocycles. The molecule has 1 aliphatic rings. The van der Waals surface area contributed by atoms with Crippen molar-refractivity contribution in [3.63, 3.8) is 0 Å². The summed E-state index contributed by atoms with van der Waals surface area (Å²) in [6.07, 6.45) is 8.11. The molecule has 130 valence electrons. The number of piperidine rings is 1. The summed E-state index contributed by atoms with van der Waals surface area (Å²) in [4.78, 5) is 19.2. The van der Waals surface area contributed by atoms with E-state index in [1.54, 1.807) is 18.2 Å². The first-order valence-electron chi connectivity index (χ1n) is 9.04. The van der Waals surface area contributed by atoms with Crippen molar-refractivity contribution in [1.29, 1.82) is 5.26 Å². The van der Waals surface area contributed by atoms with E-state index in [1.807, 2.05) is 17.2 Å². The number of amides is 1. The maximum Gasteiger partial charge on any atom is 0.255 e. The van der Waals surface area contributed by atoms with Crippen LogP contribution >= 0.6 is 0 Å². The molecule has 0 spiro atoms. The SMILES string of the molecule is CCCCn1ccnc1C1CCN(C(=O)c2ccccc2C#N)CC1. The minimum absolute atomic E-state index is 0.0371. The molecule has 1 fully saturated rings. The molecular formula is C20H24N4O. The zero-order valence-electron chi connectivity index (χ0n) is 14.7. The highest BCUT2D eigenvalue weighted by atomic mass is 16.2. The largest absolute Gasteiger partial charge is 0.339 e. The molecule has 1 amide bonds. The lowest BCUT2D eigenvalue weighted by atomic mass is 9.95. The molecule has 1 aliphatic heterocycles. The van der Waals surface area contributed by atoms with Gasteiger partial charge in [-0.25, -0.2) is 4.98 Å². The third kappa shape index (κ3) is 3.74. The van der Waals surface area contributed by atoms with Gasteiger partial charge in [-0.05, 0) is 31.4 Å². The Morgan fingerprint density at radius 2 is 2.08 bits per heavy atom. The van der Waals surface area contributed by atoms with Gasteiger partial charge in [0, 0.05) is 37.9 Å². The normalized spacial score (nSPS) is 15.1. The van der Waals surface area contributed by atoms with Crippen LogP contribution in [0, 0.1) is 11.3 Å². The maximum absolute atomic E-state index is 12.7. The predicted molar refractivity (Wildman–Crippen MR) is 96.2 cm³/mol. The molecule has 1 saturated heterocycles. The van der Waals surface area contributed by atoms with Crippen molar-refractivity contribution in [2.24, 2.45) is 0 Å². The molecule has 25 heavy (non-hydrogen) atoms. The van der Waals surface area contributed by atoms with Crippen LogP contribution in [-0.4, -0.2) is 33.4 Å². The van der Waals surface area contributed by atoms with Gasteiger partial charge < -0.3 is 9.47 Å². The predicted octanol–water partition coefficient (Wildman–Crippen LogP) is 3.57. The Bertz CT molecular complexity index is 766. The number of hydrogen-bond donors (Lipinski definition) is 0. The number of imidazole rings is 1. The number of carbonyl (C=O) groups is 1. The van der Waals surface area contributed by atoms with Crippen LogP contribution in [0.2, 0.25) is 0 Å². The molecule has 0 atom stereocenters. The van der Waals surface area contributed by atoms with Crippen molar-refractivity contribution in [3.8, 4) is 6.07 Å². The van der Waals surface area contributed by atoms with Crippen molar-refractivity contribution in [2.75, 3.05) is 13.1 Å². The molecule has 0 radical (unpaired) electrons. The van der Waals surface area contributed by atoms with E-state index >= 15 is 0 Å². The Morgan fingerprint density at radius 1 is 1.32 bits per heavy atom. The summed E-state index contributed by atoms with van der Waals surface area (Å²) in [6.45, 7) is 4.63. The lowest BCUT2D eigenvalue weighted by molar-refractivity contribution is 0.0710. The average Bonchev–Trinajstić information content (AvgIpc) is 3.14. The summed E-state index contributed by atoms with van der Waals surface area (Å²) in [6, 6.07) is 9.15. The Morgan fingerprint density at radius 3 is 2.80 bits per heavy atom. The number of carbonyl (C=O) groups excluding carboxylic acids is 1. The number of rotatable bonds is 5. The Kier molecular flexibility index (Phi) is 5.49. The molecule has 5 nitrogen and oxygen atoms in total. The smallest absolute Gasteiger partial charge is 0.255 e. The summed E-state index contributed by atoms with van der Waals surface area (Å²) >= 11 is 0. The van der Waals surface area contributed by atoms with E-state index in [0.29, 0.717) is 30.1 Å². The third-order valence-electron chi connectivity index (χ3n) is 4.93. The van der Waals surface area contributed by atoms with Gasteiger partial charge in [0.15, 0.2) is 0 Å². The number of nitriles is 1. The van der Waals surface area contributed by atoms with E-state index in [2.05, 4.69) is 28.7 Å². The van der Waals surface area contributed by atoms with Crippen LogP contribution in [0.3, 0.4) is 0 Å². The average molecular weight is 336 g/mol. The van der Waals surface area contributed by atoms with Crippen LogP contribution in [0.5, 0.6) is 0 Å². The highest BCUT2D eigenvalue weighted by molar-refractivity contribution is 5.96. The summed E-state index contributed by atoms with van der Waals surface area (Å²) < 4.78 is 2.26. The number of aromatic nitrogens is 2. The number of nitrogens with zero attached hydrogens (tertiary/aromatic N) is 4. The van der Waals surface area contributed by atoms with Gasteiger partial charge >= 0.3 is 0 Å². The van der Waals surface area contributed by atoms with Gasteiger partial charge in [-0.1, -0.05) is 25.5 Å². The summed E-state index contributed by atoms with van der Waals surface area (Å²) in [5.74, 6) is 1.52. The van der Waals surface area contributed by atoms with Crippen molar-refractivity contribution in [3.05, 3.63) is 53.6 Å². The first-order chi connectivity index (χ1) is 12.2. The number of hydrogen-bond acceptors (Lipinski definition) is 3. The second-order valence-electron chi connectivity index (χ2n) is 6.56. The van der Waals surface area contributed by atoms with Gasteiger partial charge in [-0.3, -0.25) is 4.79 Å². The Hall–Kier alpha value is -2.61. The highest BCUT2D eigenvalue weighted by Crippen LogP contribution is 2.28. The molecule has 0 unspecified atom stereocenters. The molecule has 5 heteroatoms. The summed E-state index contributed by atoms with van der Waals surface area (Å²) in [5, 5.41) is 9.20. The van der Waals surface area contributed by atoms with Crippen molar-refractivity contribution in [1.82, 2.24) is 14.5 Å². The first-order valence-corrected chi connectivity index (χ1v) is 9.04. The molecule has 0 saturated carbocycles. The fourth-order valence-corrected chi connectivity index (χ4v) is 3.48. The molecule has 2 aromatic rings. The quantitative estimate of drug-likeness (QED) is 0.838. The second kappa shape index (κ2) is 7.98. The van der Waals surface area contributed by atoms with Crippen molar-refractivity contribution < 1.29 is 4.79 Å². The minimum Gasteiger partial charge on any atom is -0.339 e. The van der Waals surface area contributed by atoms with E-state index in [4.69, 9.17) is 0 Å². The zero-order chi connectivity index (χ0) is 17.6. The van der Waals surface area contributed by atoms with Gasteiger partial charge in [0.25, 0.3) is 5.91 Å². The Balaban J connectivity index is 1.65. The minimum atomic E-state index is -0.0371. The molecule has 0 N–H and O–H groups in total. The van der Waals surface area contributed by atoms with Gasteiger partial charge in [0.2, 0.25) is 0 Å². The van der Waals surface area contributed by atoms with Crippen LogP contribution in [0.1, 0.15) is 60.3 Å². The number of unbranched alkanes of at least 4 members (excludes halogenated alkanes) is 1. The van der Waals surface area contributed by atoms with Crippen LogP contribution in [0.25, 0.3) is 0 Å². The van der Waals surface area contributed by atoms with E-state index in [9.17, 15) is 10.1 Å². The summed E-state index contributed by atoms with van der Waals surface area (Å²) in [5.41, 5.74) is 0.956. The third-order valence-corrected chi connectivity index (χ3v) is 4.93. The number of benzene rings is 1. The topological polar surface area (TPSA) is 61.9 Å². The standard InChI is InChI=1S/C20H24N4O/c1-2-3-11-23-14-10-22-19(23)16-8-12-24(13-9-16)20(25)18-7-5-4-6-17(18)15-21/h4-7,10,14,16H,2-3,8-9,11-13H2,1H3. The van der Waals surface area contributed by atoms with Crippen molar-refractivity contribution in [2.45, 2.75) is 45.1 Å². The van der Waals surface area contributed by atoms with Crippen LogP contribution in [-0.2, 0) is 6.54 Å². The van der Waals surface area contributed by atoms with Gasteiger partial charge in [0.05, 0.1) is 17.2 Å². The van der Waals surface area contributed by atoms with Crippen LogP contribution in [0.4, 0.5) is 0 Å². The molecule has 0 bridgehead atoms. The maximum atomic E-state index is 12.7. The molecule has 0 aliphatic carbocycles. The van der Waals surface area contributed by atoms with Crippen molar-refractivity contribution >= 4 is 5.91 Å². The van der Waals surface area contributed by atoms with Gasteiger partial charge in [0.1, 0.15) is 5.82 Å². The van der Waals surface area contributed by atoms with E-state index in [-0.39, 0.29) is 5.91 Å². The van der Waals surface area contributed by atoms with E-state index < -0.39 is 0 Å². The fourth-order valence-electron chi connectivity index (χ4n) is 3.48. The fraction of sp³-hybridized carbons (Fsp3) is 0.450. The Labute approximate surface area is 148 Å². The van der Waals surface area contributed by atoms with Crippen LogP contribution < -0.4 is 0 Å². The van der Waals surface area contributed by atoms with Gasteiger partial charge in [-0.15, -0.1) is 0 Å². The van der Waals surface area contributed by atoms with E-state index in [1.165, 1.54) is 6.42 Å².